The molecule has 0 bridgehead atoms. The fourth-order valence-electron chi connectivity index (χ4n) is 2.37. The van der Waals surface area contributed by atoms with Crippen LogP contribution < -0.4 is 4.90 Å². The number of carbonyl (C=O) groups excluding carboxylic acids is 2. The number of anilines is 1. The molecule has 0 saturated heterocycles. The Labute approximate surface area is 130 Å². The first-order valence-electron chi connectivity index (χ1n) is 7.17. The molecule has 0 fully saturated rings. The molecule has 5 heteroatoms. The van der Waals surface area contributed by atoms with Crippen LogP contribution in [0.3, 0.4) is 0 Å². The second-order valence-electron chi connectivity index (χ2n) is 4.99. The third-order valence-electron chi connectivity index (χ3n) is 3.46. The van der Waals surface area contributed by atoms with Gasteiger partial charge in [0, 0.05) is 18.4 Å². The number of rotatable bonds is 5. The van der Waals surface area contributed by atoms with Gasteiger partial charge in [0.25, 0.3) is 0 Å². The van der Waals surface area contributed by atoms with E-state index in [9.17, 15) is 9.59 Å². The topological polar surface area (TPSA) is 51.5 Å². The molecule has 1 aromatic carbocycles. The summed E-state index contributed by atoms with van der Waals surface area (Å²) < 4.78 is 6.32. The second-order valence-corrected chi connectivity index (χ2v) is 4.99. The summed E-state index contributed by atoms with van der Waals surface area (Å²) in [6, 6.07) is 11.2. The fourth-order valence-corrected chi connectivity index (χ4v) is 2.37. The SMILES string of the molecule is CCN(C(=O)Cn1cccc1C(=O)OC)c1cccc(C)c1. The van der Waals surface area contributed by atoms with E-state index in [0.717, 1.165) is 11.3 Å². The van der Waals surface area contributed by atoms with Crippen molar-refractivity contribution in [2.75, 3.05) is 18.6 Å². The predicted molar refractivity (Wildman–Crippen MR) is 85.0 cm³/mol. The molecule has 1 amide bonds. The van der Waals surface area contributed by atoms with Crippen LogP contribution in [0.1, 0.15) is 23.0 Å². The number of methoxy groups -OCH3 is 1. The van der Waals surface area contributed by atoms with Crippen LogP contribution in [0.15, 0.2) is 42.6 Å². The lowest BCUT2D eigenvalue weighted by atomic mass is 10.2. The minimum atomic E-state index is -0.448. The zero-order valence-corrected chi connectivity index (χ0v) is 13.1. The number of amides is 1. The van der Waals surface area contributed by atoms with Gasteiger partial charge >= 0.3 is 5.97 Å². The molecule has 0 atom stereocenters. The van der Waals surface area contributed by atoms with E-state index in [1.165, 1.54) is 7.11 Å². The van der Waals surface area contributed by atoms with Crippen LogP contribution in [-0.2, 0) is 16.1 Å². The molecule has 0 aliphatic rings. The van der Waals surface area contributed by atoms with Gasteiger partial charge in [0.05, 0.1) is 7.11 Å². The molecule has 1 aromatic heterocycles. The van der Waals surface area contributed by atoms with Gasteiger partial charge in [-0.2, -0.15) is 0 Å². The number of carbonyl (C=O) groups is 2. The molecule has 0 radical (unpaired) electrons. The molecular weight excluding hydrogens is 280 g/mol. The lowest BCUT2D eigenvalue weighted by molar-refractivity contribution is -0.119. The Balaban J connectivity index is 2.20. The summed E-state index contributed by atoms with van der Waals surface area (Å²) in [6.45, 7) is 4.58. The van der Waals surface area contributed by atoms with Crippen molar-refractivity contribution in [3.63, 3.8) is 0 Å². The van der Waals surface area contributed by atoms with Crippen molar-refractivity contribution >= 4 is 17.6 Å². The van der Waals surface area contributed by atoms with Crippen molar-refractivity contribution in [2.45, 2.75) is 20.4 Å². The number of esters is 1. The van der Waals surface area contributed by atoms with E-state index in [2.05, 4.69) is 0 Å². The molecule has 0 aliphatic carbocycles. The average molecular weight is 300 g/mol. The summed E-state index contributed by atoms with van der Waals surface area (Å²) in [5.41, 5.74) is 2.33. The maximum absolute atomic E-state index is 12.6. The summed E-state index contributed by atoms with van der Waals surface area (Å²) in [6.07, 6.45) is 1.70. The van der Waals surface area contributed by atoms with Crippen LogP contribution in [0.5, 0.6) is 0 Å². The molecule has 0 aliphatic heterocycles. The third-order valence-corrected chi connectivity index (χ3v) is 3.46. The van der Waals surface area contributed by atoms with Gasteiger partial charge in [0.1, 0.15) is 12.2 Å². The minimum Gasteiger partial charge on any atom is -0.464 e. The Morgan fingerprint density at radius 1 is 1.23 bits per heavy atom. The number of nitrogens with zero attached hydrogens (tertiary/aromatic N) is 2. The number of aryl methyl sites for hydroxylation is 1. The van der Waals surface area contributed by atoms with E-state index in [1.54, 1.807) is 27.8 Å². The van der Waals surface area contributed by atoms with Crippen LogP contribution in [0.2, 0.25) is 0 Å². The molecule has 2 rings (SSSR count). The highest BCUT2D eigenvalue weighted by Gasteiger charge is 2.18. The summed E-state index contributed by atoms with van der Waals surface area (Å²) in [5.74, 6) is -0.522. The molecule has 0 N–H and O–H groups in total. The van der Waals surface area contributed by atoms with Crippen LogP contribution in [0, 0.1) is 6.92 Å². The Hall–Kier alpha value is -2.56. The fraction of sp³-hybridized carbons (Fsp3) is 0.294. The van der Waals surface area contributed by atoms with Gasteiger partial charge in [-0.05, 0) is 43.7 Å². The highest BCUT2D eigenvalue weighted by Crippen LogP contribution is 2.17. The van der Waals surface area contributed by atoms with Gasteiger partial charge in [0.2, 0.25) is 5.91 Å². The highest BCUT2D eigenvalue weighted by molar-refractivity contribution is 5.94. The van der Waals surface area contributed by atoms with Crippen molar-refractivity contribution in [3.8, 4) is 0 Å². The van der Waals surface area contributed by atoms with Crippen LogP contribution in [-0.4, -0.2) is 30.1 Å². The number of hydrogen-bond donors (Lipinski definition) is 0. The van der Waals surface area contributed by atoms with Crippen LogP contribution >= 0.6 is 0 Å². The van der Waals surface area contributed by atoms with Gasteiger partial charge in [-0.15, -0.1) is 0 Å². The Morgan fingerprint density at radius 3 is 2.64 bits per heavy atom. The second kappa shape index (κ2) is 6.93. The van der Waals surface area contributed by atoms with Crippen LogP contribution in [0.25, 0.3) is 0 Å². The smallest absolute Gasteiger partial charge is 0.354 e. The number of benzene rings is 1. The van der Waals surface area contributed by atoms with Gasteiger partial charge in [-0.25, -0.2) is 4.79 Å². The van der Waals surface area contributed by atoms with E-state index >= 15 is 0 Å². The summed E-state index contributed by atoms with van der Waals surface area (Å²) in [4.78, 5) is 25.9. The van der Waals surface area contributed by atoms with E-state index in [1.807, 2.05) is 38.1 Å². The quantitative estimate of drug-likeness (QED) is 0.798. The molecule has 0 spiro atoms. The number of likely N-dealkylation sites (N-methyl/N-ethyl adjacent to an activating group) is 1. The molecule has 0 saturated carbocycles. The summed E-state index contributed by atoms with van der Waals surface area (Å²) in [5, 5.41) is 0. The van der Waals surface area contributed by atoms with Gasteiger partial charge in [-0.3, -0.25) is 4.79 Å². The van der Waals surface area contributed by atoms with E-state index in [-0.39, 0.29) is 12.5 Å². The normalized spacial score (nSPS) is 10.3. The number of ether oxygens (including phenoxy) is 1. The van der Waals surface area contributed by atoms with Gasteiger partial charge in [-0.1, -0.05) is 12.1 Å². The third kappa shape index (κ3) is 3.36. The monoisotopic (exact) mass is 300 g/mol. The van der Waals surface area contributed by atoms with Crippen molar-refractivity contribution in [1.29, 1.82) is 0 Å². The Bertz CT molecular complexity index is 676. The Morgan fingerprint density at radius 2 is 2.00 bits per heavy atom. The summed E-state index contributed by atoms with van der Waals surface area (Å²) >= 11 is 0. The van der Waals surface area contributed by atoms with Gasteiger partial charge in [0.15, 0.2) is 0 Å². The first-order valence-corrected chi connectivity index (χ1v) is 7.17. The lowest BCUT2D eigenvalue weighted by Gasteiger charge is -2.22. The lowest BCUT2D eigenvalue weighted by Crippen LogP contribution is -2.34. The maximum atomic E-state index is 12.6. The van der Waals surface area contributed by atoms with Crippen molar-refractivity contribution in [1.82, 2.24) is 4.57 Å². The van der Waals surface area contributed by atoms with Crippen molar-refractivity contribution in [2.24, 2.45) is 0 Å². The molecule has 0 unspecified atom stereocenters. The molecule has 22 heavy (non-hydrogen) atoms. The highest BCUT2D eigenvalue weighted by atomic mass is 16.5. The van der Waals surface area contributed by atoms with Crippen molar-refractivity contribution < 1.29 is 14.3 Å². The minimum absolute atomic E-state index is 0.0746. The van der Waals surface area contributed by atoms with E-state index in [4.69, 9.17) is 4.74 Å². The number of hydrogen-bond acceptors (Lipinski definition) is 3. The van der Waals surface area contributed by atoms with Gasteiger partial charge < -0.3 is 14.2 Å². The average Bonchev–Trinajstić information content (AvgIpc) is 2.95. The maximum Gasteiger partial charge on any atom is 0.354 e. The zero-order valence-electron chi connectivity index (χ0n) is 13.1. The molecular formula is C17H20N2O3. The zero-order chi connectivity index (χ0) is 16.1. The molecule has 5 nitrogen and oxygen atoms in total. The molecule has 116 valence electrons. The van der Waals surface area contributed by atoms with Crippen molar-refractivity contribution in [3.05, 3.63) is 53.9 Å². The summed E-state index contributed by atoms with van der Waals surface area (Å²) in [7, 11) is 1.33. The molecule has 1 heterocycles. The predicted octanol–water partition coefficient (Wildman–Crippen LogP) is 2.64. The first kappa shape index (κ1) is 15.8. The van der Waals surface area contributed by atoms with Crippen LogP contribution in [0.4, 0.5) is 5.69 Å². The van der Waals surface area contributed by atoms with E-state index < -0.39 is 5.97 Å². The molecule has 2 aromatic rings. The number of aromatic nitrogens is 1. The largest absolute Gasteiger partial charge is 0.464 e. The standard InChI is InChI=1S/C17H20N2O3/c1-4-19(14-8-5-7-13(2)11-14)16(20)12-18-10-6-9-15(18)17(21)22-3/h5-11H,4,12H2,1-3H3. The van der Waals surface area contributed by atoms with E-state index in [0.29, 0.717) is 12.2 Å². The first-order chi connectivity index (χ1) is 10.6. The Kier molecular flexibility index (Phi) is 4.99.